The molecule has 2 heteroatoms. The monoisotopic (exact) mass is 255 g/mol. The largest absolute Gasteiger partial charge is 0.378 e. The molecule has 100 valence electrons. The molecule has 1 heterocycles. The van der Waals surface area contributed by atoms with Crippen LogP contribution in [0.15, 0.2) is 30.3 Å². The predicted molar refractivity (Wildman–Crippen MR) is 81.1 cm³/mol. The highest BCUT2D eigenvalue weighted by atomic mass is 16.5. The van der Waals surface area contributed by atoms with Crippen molar-refractivity contribution in [2.45, 2.75) is 20.3 Å². The Balaban J connectivity index is 2.03. The minimum Gasteiger partial charge on any atom is -0.378 e. The summed E-state index contributed by atoms with van der Waals surface area (Å²) in [5.41, 5.74) is 4.20. The lowest BCUT2D eigenvalue weighted by Gasteiger charge is -2.29. The van der Waals surface area contributed by atoms with Crippen LogP contribution in [0, 0.1) is 6.92 Å². The third-order valence-corrected chi connectivity index (χ3v) is 4.08. The van der Waals surface area contributed by atoms with E-state index < -0.39 is 0 Å². The molecule has 0 spiro atoms. The number of hydrogen-bond acceptors (Lipinski definition) is 2. The molecule has 0 bridgehead atoms. The molecule has 0 atom stereocenters. The summed E-state index contributed by atoms with van der Waals surface area (Å²) < 4.78 is 5.42. The first-order valence-electron chi connectivity index (χ1n) is 7.14. The molecule has 3 rings (SSSR count). The smallest absolute Gasteiger partial charge is 0.0642 e. The molecule has 0 N–H and O–H groups in total. The molecule has 19 heavy (non-hydrogen) atoms. The van der Waals surface area contributed by atoms with Gasteiger partial charge in [-0.2, -0.15) is 0 Å². The third-order valence-electron chi connectivity index (χ3n) is 4.08. The second kappa shape index (κ2) is 5.22. The Morgan fingerprint density at radius 2 is 1.89 bits per heavy atom. The summed E-state index contributed by atoms with van der Waals surface area (Å²) in [6.07, 6.45) is 1.10. The second-order valence-corrected chi connectivity index (χ2v) is 5.22. The fourth-order valence-electron chi connectivity index (χ4n) is 2.98. The van der Waals surface area contributed by atoms with Gasteiger partial charge in [-0.15, -0.1) is 0 Å². The van der Waals surface area contributed by atoms with E-state index in [4.69, 9.17) is 4.74 Å². The Labute approximate surface area is 115 Å². The Morgan fingerprint density at radius 1 is 1.11 bits per heavy atom. The van der Waals surface area contributed by atoms with Gasteiger partial charge in [0.15, 0.2) is 0 Å². The van der Waals surface area contributed by atoms with Crippen LogP contribution >= 0.6 is 0 Å². The van der Waals surface area contributed by atoms with E-state index in [0.717, 1.165) is 32.7 Å². The Morgan fingerprint density at radius 3 is 2.63 bits per heavy atom. The first kappa shape index (κ1) is 12.5. The quantitative estimate of drug-likeness (QED) is 0.813. The summed E-state index contributed by atoms with van der Waals surface area (Å²) >= 11 is 0. The molecule has 1 aliphatic rings. The van der Waals surface area contributed by atoms with Crippen molar-refractivity contribution in [2.75, 3.05) is 31.2 Å². The molecule has 1 fully saturated rings. The number of morpholine rings is 1. The van der Waals surface area contributed by atoms with Crippen molar-refractivity contribution in [1.29, 1.82) is 0 Å². The minimum absolute atomic E-state index is 0.839. The van der Waals surface area contributed by atoms with Crippen LogP contribution in [0.3, 0.4) is 0 Å². The number of benzene rings is 2. The normalized spacial score (nSPS) is 16.0. The number of aryl methyl sites for hydroxylation is 2. The van der Waals surface area contributed by atoms with Crippen molar-refractivity contribution >= 4 is 16.5 Å². The maximum absolute atomic E-state index is 5.42. The maximum Gasteiger partial charge on any atom is 0.0642 e. The fourth-order valence-corrected chi connectivity index (χ4v) is 2.98. The van der Waals surface area contributed by atoms with E-state index in [1.54, 1.807) is 0 Å². The highest BCUT2D eigenvalue weighted by Crippen LogP contribution is 2.27. The summed E-state index contributed by atoms with van der Waals surface area (Å²) in [6, 6.07) is 11.3. The van der Waals surface area contributed by atoms with Crippen LogP contribution in [-0.4, -0.2) is 26.3 Å². The molecule has 0 radical (unpaired) electrons. The number of hydrogen-bond donors (Lipinski definition) is 0. The molecule has 0 saturated carbocycles. The number of anilines is 1. The molecule has 2 nitrogen and oxygen atoms in total. The Hall–Kier alpha value is -1.54. The molecular weight excluding hydrogens is 234 g/mol. The van der Waals surface area contributed by atoms with E-state index in [-0.39, 0.29) is 0 Å². The van der Waals surface area contributed by atoms with Gasteiger partial charge in [-0.1, -0.05) is 25.1 Å². The van der Waals surface area contributed by atoms with Crippen LogP contribution in [-0.2, 0) is 11.2 Å². The molecule has 0 aromatic heterocycles. The van der Waals surface area contributed by atoms with E-state index >= 15 is 0 Å². The predicted octanol–water partition coefficient (Wildman–Crippen LogP) is 3.55. The molecule has 0 unspecified atom stereocenters. The fraction of sp³-hybridized carbons (Fsp3) is 0.412. The van der Waals surface area contributed by atoms with E-state index in [1.807, 2.05) is 0 Å². The van der Waals surface area contributed by atoms with E-state index in [1.165, 1.54) is 27.6 Å². The summed E-state index contributed by atoms with van der Waals surface area (Å²) in [4.78, 5) is 2.41. The van der Waals surface area contributed by atoms with Gasteiger partial charge in [0.05, 0.1) is 13.2 Å². The van der Waals surface area contributed by atoms with E-state index in [2.05, 4.69) is 49.1 Å². The lowest BCUT2D eigenvalue weighted by Crippen LogP contribution is -2.36. The standard InChI is InChI=1S/C17H21NO/c1-3-16-13(2)4-5-14-12-15(6-7-17(14)16)18-8-10-19-11-9-18/h4-7,12H,3,8-11H2,1-2H3. The van der Waals surface area contributed by atoms with Crippen molar-refractivity contribution in [3.05, 3.63) is 41.5 Å². The lowest BCUT2D eigenvalue weighted by molar-refractivity contribution is 0.122. The second-order valence-electron chi connectivity index (χ2n) is 5.22. The number of rotatable bonds is 2. The first-order chi connectivity index (χ1) is 9.29. The summed E-state index contributed by atoms with van der Waals surface area (Å²) in [7, 11) is 0. The van der Waals surface area contributed by atoms with Crippen LogP contribution in [0.25, 0.3) is 10.8 Å². The number of nitrogens with zero attached hydrogens (tertiary/aromatic N) is 1. The van der Waals surface area contributed by atoms with Crippen molar-refractivity contribution in [3.8, 4) is 0 Å². The van der Waals surface area contributed by atoms with Gasteiger partial charge in [-0.25, -0.2) is 0 Å². The van der Waals surface area contributed by atoms with Gasteiger partial charge < -0.3 is 9.64 Å². The molecular formula is C17H21NO. The zero-order valence-electron chi connectivity index (χ0n) is 11.8. The van der Waals surface area contributed by atoms with Gasteiger partial charge in [0.2, 0.25) is 0 Å². The summed E-state index contributed by atoms with van der Waals surface area (Å²) in [5.74, 6) is 0. The zero-order chi connectivity index (χ0) is 13.2. The first-order valence-corrected chi connectivity index (χ1v) is 7.14. The number of fused-ring (bicyclic) bond motifs is 1. The highest BCUT2D eigenvalue weighted by molar-refractivity contribution is 5.89. The van der Waals surface area contributed by atoms with Crippen LogP contribution in [0.5, 0.6) is 0 Å². The summed E-state index contributed by atoms with van der Waals surface area (Å²) in [5, 5.41) is 2.76. The van der Waals surface area contributed by atoms with Crippen LogP contribution < -0.4 is 4.90 Å². The SMILES string of the molecule is CCc1c(C)ccc2cc(N3CCOCC3)ccc12. The van der Waals surface area contributed by atoms with Crippen molar-refractivity contribution < 1.29 is 4.74 Å². The van der Waals surface area contributed by atoms with Crippen LogP contribution in [0.4, 0.5) is 5.69 Å². The van der Waals surface area contributed by atoms with Crippen molar-refractivity contribution in [1.82, 2.24) is 0 Å². The van der Waals surface area contributed by atoms with E-state index in [0.29, 0.717) is 0 Å². The van der Waals surface area contributed by atoms with Gasteiger partial charge in [-0.3, -0.25) is 0 Å². The average Bonchev–Trinajstić information content (AvgIpc) is 2.47. The Bertz CT molecular complexity index is 585. The zero-order valence-corrected chi connectivity index (χ0v) is 11.8. The van der Waals surface area contributed by atoms with Crippen molar-refractivity contribution in [2.24, 2.45) is 0 Å². The molecule has 1 aliphatic heterocycles. The van der Waals surface area contributed by atoms with Gasteiger partial charge in [0.1, 0.15) is 0 Å². The third kappa shape index (κ3) is 2.33. The minimum atomic E-state index is 0.839. The van der Waals surface area contributed by atoms with E-state index in [9.17, 15) is 0 Å². The molecule has 1 saturated heterocycles. The molecule has 0 aliphatic carbocycles. The van der Waals surface area contributed by atoms with Gasteiger partial charge in [-0.05, 0) is 47.4 Å². The topological polar surface area (TPSA) is 12.5 Å². The summed E-state index contributed by atoms with van der Waals surface area (Å²) in [6.45, 7) is 8.11. The maximum atomic E-state index is 5.42. The molecule has 0 amide bonds. The average molecular weight is 255 g/mol. The van der Waals surface area contributed by atoms with Crippen LogP contribution in [0.1, 0.15) is 18.1 Å². The van der Waals surface area contributed by atoms with Crippen LogP contribution in [0.2, 0.25) is 0 Å². The van der Waals surface area contributed by atoms with Gasteiger partial charge >= 0.3 is 0 Å². The Kier molecular flexibility index (Phi) is 3.43. The lowest BCUT2D eigenvalue weighted by atomic mass is 9.97. The number of ether oxygens (including phenoxy) is 1. The van der Waals surface area contributed by atoms with Gasteiger partial charge in [0, 0.05) is 18.8 Å². The van der Waals surface area contributed by atoms with Crippen molar-refractivity contribution in [3.63, 3.8) is 0 Å². The van der Waals surface area contributed by atoms with Gasteiger partial charge in [0.25, 0.3) is 0 Å². The highest BCUT2D eigenvalue weighted by Gasteiger charge is 2.12. The molecule has 2 aromatic rings. The molecule has 2 aromatic carbocycles.